The van der Waals surface area contributed by atoms with Crippen molar-refractivity contribution in [3.63, 3.8) is 0 Å². The molecule has 0 aliphatic heterocycles. The zero-order valence-corrected chi connectivity index (χ0v) is 11.7. The van der Waals surface area contributed by atoms with Gasteiger partial charge in [-0.25, -0.2) is 4.98 Å². The van der Waals surface area contributed by atoms with Crippen molar-refractivity contribution in [3.05, 3.63) is 45.0 Å². The summed E-state index contributed by atoms with van der Waals surface area (Å²) in [4.78, 5) is 16.7. The standard InChI is InChI=1S/C13H11N3O3S/c1-18-9-4-3-8(10(6-9)19-2)5-11-12(17)16-13(20-11)14-7-15-16/h3-7H,1-2H3. The minimum absolute atomic E-state index is 0.180. The number of hydrogen-bond acceptors (Lipinski definition) is 6. The molecule has 2 heterocycles. The molecule has 0 bridgehead atoms. The fourth-order valence-corrected chi connectivity index (χ4v) is 2.73. The molecule has 0 saturated carbocycles. The average Bonchev–Trinajstić information content (AvgIpc) is 3.04. The fraction of sp³-hybridized carbons (Fsp3) is 0.154. The molecular weight excluding hydrogens is 278 g/mol. The SMILES string of the molecule is COc1ccc(C=c2sc3ncnn3c2=O)c(OC)c1. The van der Waals surface area contributed by atoms with Crippen molar-refractivity contribution >= 4 is 22.4 Å². The van der Waals surface area contributed by atoms with Crippen molar-refractivity contribution in [3.8, 4) is 11.5 Å². The number of thiazole rings is 1. The quantitative estimate of drug-likeness (QED) is 0.710. The molecule has 0 radical (unpaired) electrons. The molecule has 0 amide bonds. The summed E-state index contributed by atoms with van der Waals surface area (Å²) in [6.07, 6.45) is 3.13. The first kappa shape index (κ1) is 12.6. The molecule has 102 valence electrons. The van der Waals surface area contributed by atoms with Crippen LogP contribution in [0.2, 0.25) is 0 Å². The first-order valence-electron chi connectivity index (χ1n) is 5.79. The highest BCUT2D eigenvalue weighted by Gasteiger charge is 2.07. The van der Waals surface area contributed by atoms with E-state index in [1.807, 2.05) is 12.1 Å². The number of nitrogens with zero attached hydrogens (tertiary/aromatic N) is 3. The van der Waals surface area contributed by atoms with E-state index in [4.69, 9.17) is 9.47 Å². The van der Waals surface area contributed by atoms with Crippen LogP contribution in [-0.2, 0) is 0 Å². The maximum atomic E-state index is 12.1. The molecular formula is C13H11N3O3S. The van der Waals surface area contributed by atoms with Gasteiger partial charge in [0.1, 0.15) is 17.8 Å². The minimum Gasteiger partial charge on any atom is -0.497 e. The third-order valence-corrected chi connectivity index (χ3v) is 3.82. The molecule has 0 aliphatic rings. The summed E-state index contributed by atoms with van der Waals surface area (Å²) >= 11 is 1.29. The van der Waals surface area contributed by atoms with E-state index in [0.717, 1.165) is 5.56 Å². The summed E-state index contributed by atoms with van der Waals surface area (Å²) < 4.78 is 12.3. The monoisotopic (exact) mass is 289 g/mol. The number of hydrogen-bond donors (Lipinski definition) is 0. The normalized spacial score (nSPS) is 12.0. The predicted octanol–water partition coefficient (Wildman–Crippen LogP) is 0.716. The van der Waals surface area contributed by atoms with Crippen molar-refractivity contribution in [2.24, 2.45) is 0 Å². The molecule has 7 heteroatoms. The lowest BCUT2D eigenvalue weighted by Crippen LogP contribution is -2.23. The summed E-state index contributed by atoms with van der Waals surface area (Å²) in [6, 6.07) is 5.43. The van der Waals surface area contributed by atoms with Gasteiger partial charge in [0.2, 0.25) is 4.96 Å². The zero-order valence-electron chi connectivity index (χ0n) is 10.9. The third-order valence-electron chi connectivity index (χ3n) is 2.85. The molecule has 1 aromatic carbocycles. The molecule has 0 fully saturated rings. The van der Waals surface area contributed by atoms with E-state index >= 15 is 0 Å². The molecule has 6 nitrogen and oxygen atoms in total. The maximum absolute atomic E-state index is 12.1. The van der Waals surface area contributed by atoms with Gasteiger partial charge in [-0.2, -0.15) is 9.61 Å². The van der Waals surface area contributed by atoms with Crippen molar-refractivity contribution < 1.29 is 9.47 Å². The van der Waals surface area contributed by atoms with Crippen molar-refractivity contribution in [1.29, 1.82) is 0 Å². The lowest BCUT2D eigenvalue weighted by Gasteiger charge is -2.06. The summed E-state index contributed by atoms with van der Waals surface area (Å²) in [6.45, 7) is 0. The van der Waals surface area contributed by atoms with Gasteiger partial charge in [-0.05, 0) is 18.2 Å². The summed E-state index contributed by atoms with van der Waals surface area (Å²) in [5.41, 5.74) is 0.621. The first-order valence-corrected chi connectivity index (χ1v) is 6.61. The Labute approximate surface area is 117 Å². The van der Waals surface area contributed by atoms with Crippen LogP contribution in [0.15, 0.2) is 29.3 Å². The van der Waals surface area contributed by atoms with E-state index in [1.165, 1.54) is 22.2 Å². The smallest absolute Gasteiger partial charge is 0.291 e. The second-order valence-corrected chi connectivity index (χ2v) is 4.99. The number of ether oxygens (including phenoxy) is 2. The van der Waals surface area contributed by atoms with Gasteiger partial charge in [0, 0.05) is 11.6 Å². The van der Waals surface area contributed by atoms with Crippen LogP contribution < -0.4 is 19.6 Å². The van der Waals surface area contributed by atoms with Gasteiger partial charge in [0.15, 0.2) is 0 Å². The van der Waals surface area contributed by atoms with Gasteiger partial charge in [0.05, 0.1) is 18.8 Å². The van der Waals surface area contributed by atoms with Gasteiger partial charge in [0.25, 0.3) is 5.56 Å². The predicted molar refractivity (Wildman–Crippen MR) is 75.5 cm³/mol. The Morgan fingerprint density at radius 2 is 2.15 bits per heavy atom. The van der Waals surface area contributed by atoms with E-state index in [1.54, 1.807) is 26.4 Å². The van der Waals surface area contributed by atoms with Crippen LogP contribution in [0.25, 0.3) is 11.0 Å². The molecule has 20 heavy (non-hydrogen) atoms. The Balaban J connectivity index is 2.18. The maximum Gasteiger partial charge on any atom is 0.291 e. The van der Waals surface area contributed by atoms with Gasteiger partial charge in [-0.1, -0.05) is 11.3 Å². The second-order valence-electron chi connectivity index (χ2n) is 3.98. The fourth-order valence-electron chi connectivity index (χ4n) is 1.86. The molecule has 0 unspecified atom stereocenters. The lowest BCUT2D eigenvalue weighted by molar-refractivity contribution is 0.393. The number of aromatic nitrogens is 3. The van der Waals surface area contributed by atoms with E-state index in [2.05, 4.69) is 10.1 Å². The van der Waals surface area contributed by atoms with E-state index in [9.17, 15) is 4.79 Å². The number of methoxy groups -OCH3 is 2. The summed E-state index contributed by atoms with van der Waals surface area (Å²) in [7, 11) is 3.17. The molecule has 0 N–H and O–H groups in total. The second kappa shape index (κ2) is 4.93. The van der Waals surface area contributed by atoms with Crippen molar-refractivity contribution in [2.75, 3.05) is 14.2 Å². The minimum atomic E-state index is -0.180. The molecule has 3 rings (SSSR count). The van der Waals surface area contributed by atoms with Crippen LogP contribution in [-0.4, -0.2) is 28.8 Å². The molecule has 0 atom stereocenters. The van der Waals surface area contributed by atoms with Crippen molar-refractivity contribution in [2.45, 2.75) is 0 Å². The Morgan fingerprint density at radius 3 is 2.85 bits per heavy atom. The lowest BCUT2D eigenvalue weighted by atomic mass is 10.2. The molecule has 0 saturated heterocycles. The first-order chi connectivity index (χ1) is 9.72. The Kier molecular flexibility index (Phi) is 3.11. The van der Waals surface area contributed by atoms with Gasteiger partial charge in [-0.3, -0.25) is 4.79 Å². The highest BCUT2D eigenvalue weighted by atomic mass is 32.1. The molecule has 3 aromatic rings. The van der Waals surface area contributed by atoms with Crippen LogP contribution in [0.5, 0.6) is 11.5 Å². The highest BCUT2D eigenvalue weighted by molar-refractivity contribution is 7.15. The topological polar surface area (TPSA) is 65.7 Å². The number of fused-ring (bicyclic) bond motifs is 1. The summed E-state index contributed by atoms with van der Waals surface area (Å²) in [5.74, 6) is 1.34. The Morgan fingerprint density at radius 1 is 1.30 bits per heavy atom. The van der Waals surface area contributed by atoms with E-state index in [0.29, 0.717) is 21.0 Å². The van der Waals surface area contributed by atoms with E-state index < -0.39 is 0 Å². The zero-order chi connectivity index (χ0) is 14.1. The highest BCUT2D eigenvalue weighted by Crippen LogP contribution is 2.24. The Bertz CT molecular complexity index is 869. The van der Waals surface area contributed by atoms with Crippen molar-refractivity contribution in [1.82, 2.24) is 14.6 Å². The molecule has 0 aliphatic carbocycles. The third kappa shape index (κ3) is 2.01. The van der Waals surface area contributed by atoms with Gasteiger partial charge >= 0.3 is 0 Å². The van der Waals surface area contributed by atoms with Crippen LogP contribution >= 0.6 is 11.3 Å². The number of benzene rings is 1. The van der Waals surface area contributed by atoms with Gasteiger partial charge in [-0.15, -0.1) is 0 Å². The van der Waals surface area contributed by atoms with Crippen LogP contribution in [0.1, 0.15) is 5.56 Å². The van der Waals surface area contributed by atoms with Crippen LogP contribution in [0.3, 0.4) is 0 Å². The molecule has 2 aromatic heterocycles. The summed E-state index contributed by atoms with van der Waals surface area (Å²) in [5, 5.41) is 3.88. The number of rotatable bonds is 3. The molecule has 0 spiro atoms. The average molecular weight is 289 g/mol. The van der Waals surface area contributed by atoms with Crippen LogP contribution in [0, 0.1) is 0 Å². The largest absolute Gasteiger partial charge is 0.497 e. The van der Waals surface area contributed by atoms with Gasteiger partial charge < -0.3 is 9.47 Å². The Hall–Kier alpha value is -2.41. The van der Waals surface area contributed by atoms with E-state index in [-0.39, 0.29) is 5.56 Å². The van der Waals surface area contributed by atoms with Crippen LogP contribution in [0.4, 0.5) is 0 Å².